The van der Waals surface area contributed by atoms with E-state index in [0.29, 0.717) is 18.1 Å². The third-order valence-electron chi connectivity index (χ3n) is 2.17. The molecule has 60 valence electrons. The van der Waals surface area contributed by atoms with Crippen LogP contribution in [0.2, 0.25) is 0 Å². The second-order valence-electron chi connectivity index (χ2n) is 3.12. The minimum Gasteiger partial charge on any atom is -0.330 e. The Bertz CT molecular complexity index is 105. The molecule has 0 spiro atoms. The highest BCUT2D eigenvalue weighted by Crippen LogP contribution is 2.04. The number of hydrogen-bond donors (Lipinski definition) is 3. The molecular weight excluding hydrogens is 126 g/mol. The van der Waals surface area contributed by atoms with Crippen LogP contribution in [0, 0.1) is 5.92 Å². The van der Waals surface area contributed by atoms with Crippen molar-refractivity contribution in [1.29, 1.82) is 0 Å². The normalized spacial score (nSPS) is 36.3. The van der Waals surface area contributed by atoms with E-state index in [1.165, 1.54) is 0 Å². The van der Waals surface area contributed by atoms with E-state index in [2.05, 4.69) is 24.5 Å². The number of nitrogens with one attached hydrogen (secondary N) is 2. The molecule has 3 nitrogen and oxygen atoms in total. The van der Waals surface area contributed by atoms with Crippen LogP contribution in [0.3, 0.4) is 0 Å². The summed E-state index contributed by atoms with van der Waals surface area (Å²) >= 11 is 0. The summed E-state index contributed by atoms with van der Waals surface area (Å²) in [5.74, 6) is 0.581. The van der Waals surface area contributed by atoms with Crippen molar-refractivity contribution in [3.8, 4) is 0 Å². The Kier molecular flexibility index (Phi) is 2.65. The Labute approximate surface area is 62.4 Å². The van der Waals surface area contributed by atoms with E-state index in [1.807, 2.05) is 0 Å². The Balaban J connectivity index is 2.29. The molecule has 3 heteroatoms. The lowest BCUT2D eigenvalue weighted by molar-refractivity contribution is 0.428. The number of rotatable bonds is 2. The van der Waals surface area contributed by atoms with Crippen LogP contribution in [-0.2, 0) is 0 Å². The summed E-state index contributed by atoms with van der Waals surface area (Å²) in [5.41, 5.74) is 5.53. The molecule has 0 aromatic carbocycles. The van der Waals surface area contributed by atoms with Gasteiger partial charge in [-0.1, -0.05) is 6.92 Å². The van der Waals surface area contributed by atoms with Crippen LogP contribution in [0.15, 0.2) is 0 Å². The summed E-state index contributed by atoms with van der Waals surface area (Å²) in [7, 11) is 0. The molecule has 0 saturated carbocycles. The third kappa shape index (κ3) is 1.68. The predicted octanol–water partition coefficient (Wildman–Crippen LogP) is -0.511. The van der Waals surface area contributed by atoms with E-state index in [-0.39, 0.29) is 0 Å². The van der Waals surface area contributed by atoms with E-state index in [4.69, 9.17) is 5.73 Å². The lowest BCUT2D eigenvalue weighted by Crippen LogP contribution is -2.37. The van der Waals surface area contributed by atoms with Gasteiger partial charge < -0.3 is 11.1 Å². The molecule has 0 amide bonds. The predicted molar refractivity (Wildman–Crippen MR) is 42.6 cm³/mol. The average molecular weight is 143 g/mol. The van der Waals surface area contributed by atoms with Gasteiger partial charge in [0.05, 0.1) is 6.17 Å². The molecule has 1 fully saturated rings. The lowest BCUT2D eigenvalue weighted by atomic mass is 10.0. The van der Waals surface area contributed by atoms with Gasteiger partial charge in [-0.05, 0) is 19.4 Å². The first-order valence-corrected chi connectivity index (χ1v) is 3.93. The van der Waals surface area contributed by atoms with Crippen molar-refractivity contribution >= 4 is 0 Å². The van der Waals surface area contributed by atoms with Crippen LogP contribution < -0.4 is 16.4 Å². The fraction of sp³-hybridized carbons (Fsp3) is 1.00. The van der Waals surface area contributed by atoms with Gasteiger partial charge in [-0.3, -0.25) is 5.32 Å². The van der Waals surface area contributed by atoms with E-state index in [9.17, 15) is 0 Å². The van der Waals surface area contributed by atoms with Gasteiger partial charge in [0, 0.05) is 12.6 Å². The maximum absolute atomic E-state index is 5.53. The van der Waals surface area contributed by atoms with Gasteiger partial charge in [-0.2, -0.15) is 0 Å². The molecule has 0 aromatic heterocycles. The summed E-state index contributed by atoms with van der Waals surface area (Å²) in [6.45, 7) is 6.13. The lowest BCUT2D eigenvalue weighted by Gasteiger charge is -2.16. The largest absolute Gasteiger partial charge is 0.330 e. The molecule has 0 aliphatic carbocycles. The molecule has 0 radical (unpaired) electrons. The van der Waals surface area contributed by atoms with Crippen molar-refractivity contribution in [2.75, 3.05) is 13.1 Å². The molecule has 0 aromatic rings. The Morgan fingerprint density at radius 1 is 1.70 bits per heavy atom. The third-order valence-corrected chi connectivity index (χ3v) is 2.17. The summed E-state index contributed by atoms with van der Waals surface area (Å²) in [6, 6.07) is 0.569. The maximum Gasteiger partial charge on any atom is 0.0545 e. The zero-order valence-corrected chi connectivity index (χ0v) is 6.72. The zero-order chi connectivity index (χ0) is 7.56. The molecule has 1 saturated heterocycles. The van der Waals surface area contributed by atoms with Crippen LogP contribution >= 0.6 is 0 Å². The first-order chi connectivity index (χ1) is 4.74. The molecule has 1 heterocycles. The van der Waals surface area contributed by atoms with Crippen molar-refractivity contribution < 1.29 is 0 Å². The minimum atomic E-state index is 0.457. The van der Waals surface area contributed by atoms with E-state index >= 15 is 0 Å². The molecule has 1 aliphatic heterocycles. The van der Waals surface area contributed by atoms with Crippen molar-refractivity contribution in [1.82, 2.24) is 10.6 Å². The van der Waals surface area contributed by atoms with Gasteiger partial charge in [-0.15, -0.1) is 0 Å². The van der Waals surface area contributed by atoms with Crippen LogP contribution in [0.1, 0.15) is 13.8 Å². The maximum atomic E-state index is 5.53. The van der Waals surface area contributed by atoms with Gasteiger partial charge >= 0.3 is 0 Å². The monoisotopic (exact) mass is 143 g/mol. The fourth-order valence-electron chi connectivity index (χ4n) is 1.27. The quantitative estimate of drug-likeness (QED) is 0.488. The summed E-state index contributed by atoms with van der Waals surface area (Å²) in [6.07, 6.45) is 0.457. The second kappa shape index (κ2) is 3.32. The van der Waals surface area contributed by atoms with E-state index < -0.39 is 0 Å². The topological polar surface area (TPSA) is 50.1 Å². The molecule has 3 atom stereocenters. The van der Waals surface area contributed by atoms with Gasteiger partial charge in [0.2, 0.25) is 0 Å². The highest BCUT2D eigenvalue weighted by molar-refractivity contribution is 4.84. The molecule has 0 bridgehead atoms. The van der Waals surface area contributed by atoms with Gasteiger partial charge in [0.15, 0.2) is 0 Å². The molecule has 1 rings (SSSR count). The Hall–Kier alpha value is -0.120. The second-order valence-corrected chi connectivity index (χ2v) is 3.12. The van der Waals surface area contributed by atoms with Crippen LogP contribution in [0.25, 0.3) is 0 Å². The SMILES string of the molecule is CC1NCC(C(C)CN)N1. The molecule has 4 N–H and O–H groups in total. The molecule has 1 aliphatic rings. The smallest absolute Gasteiger partial charge is 0.0545 e. The highest BCUT2D eigenvalue weighted by Gasteiger charge is 2.23. The standard InChI is InChI=1S/C7H17N3/c1-5(3-8)7-4-9-6(2)10-7/h5-7,9-10H,3-4,8H2,1-2H3. The van der Waals surface area contributed by atoms with Crippen molar-refractivity contribution in [2.45, 2.75) is 26.1 Å². The summed E-state index contributed by atoms with van der Waals surface area (Å²) in [4.78, 5) is 0. The van der Waals surface area contributed by atoms with Gasteiger partial charge in [0.1, 0.15) is 0 Å². The molecule has 10 heavy (non-hydrogen) atoms. The van der Waals surface area contributed by atoms with Gasteiger partial charge in [-0.25, -0.2) is 0 Å². The molecular formula is C7H17N3. The zero-order valence-electron chi connectivity index (χ0n) is 6.72. The van der Waals surface area contributed by atoms with Crippen LogP contribution in [0.5, 0.6) is 0 Å². The van der Waals surface area contributed by atoms with Crippen molar-refractivity contribution in [3.05, 3.63) is 0 Å². The summed E-state index contributed by atoms with van der Waals surface area (Å²) < 4.78 is 0. The number of nitrogens with two attached hydrogens (primary N) is 1. The Morgan fingerprint density at radius 2 is 2.40 bits per heavy atom. The van der Waals surface area contributed by atoms with Crippen molar-refractivity contribution in [2.24, 2.45) is 11.7 Å². The minimum absolute atomic E-state index is 0.457. The average Bonchev–Trinajstić information content (AvgIpc) is 2.34. The first kappa shape index (κ1) is 7.98. The van der Waals surface area contributed by atoms with Crippen LogP contribution in [-0.4, -0.2) is 25.3 Å². The summed E-state index contributed by atoms with van der Waals surface area (Å²) in [5, 5.41) is 6.73. The van der Waals surface area contributed by atoms with E-state index in [0.717, 1.165) is 13.1 Å². The van der Waals surface area contributed by atoms with Crippen molar-refractivity contribution in [3.63, 3.8) is 0 Å². The van der Waals surface area contributed by atoms with Crippen LogP contribution in [0.4, 0.5) is 0 Å². The highest BCUT2D eigenvalue weighted by atomic mass is 15.2. The first-order valence-electron chi connectivity index (χ1n) is 3.93. The van der Waals surface area contributed by atoms with Gasteiger partial charge in [0.25, 0.3) is 0 Å². The number of hydrogen-bond acceptors (Lipinski definition) is 3. The molecule has 3 unspecified atom stereocenters. The Morgan fingerprint density at radius 3 is 2.80 bits per heavy atom. The van der Waals surface area contributed by atoms with E-state index in [1.54, 1.807) is 0 Å². The fourth-order valence-corrected chi connectivity index (χ4v) is 1.27.